The maximum atomic E-state index is 11.3. The minimum Gasteiger partial charge on any atom is -0.387 e. The van der Waals surface area contributed by atoms with Crippen LogP contribution in [0.2, 0.25) is 0 Å². The fraction of sp³-hybridized carbons (Fsp3) is 0.455. The van der Waals surface area contributed by atoms with Crippen molar-refractivity contribution in [3.63, 3.8) is 0 Å². The summed E-state index contributed by atoms with van der Waals surface area (Å²) >= 11 is 0. The molecular weight excluding hydrogens is 296 g/mol. The van der Waals surface area contributed by atoms with Crippen molar-refractivity contribution in [3.05, 3.63) is 71.8 Å². The number of aryl methyl sites for hydroxylation is 2. The van der Waals surface area contributed by atoms with Gasteiger partial charge in [0.05, 0.1) is 11.2 Å². The number of hydrogen-bond acceptors (Lipinski definition) is 2. The van der Waals surface area contributed by atoms with Gasteiger partial charge in [-0.05, 0) is 49.7 Å². The highest BCUT2D eigenvalue weighted by Crippen LogP contribution is 2.43. The van der Waals surface area contributed by atoms with Gasteiger partial charge >= 0.3 is 0 Å². The summed E-state index contributed by atoms with van der Waals surface area (Å²) < 4.78 is 0. The molecule has 3 rings (SSSR count). The van der Waals surface area contributed by atoms with Crippen molar-refractivity contribution in [1.29, 1.82) is 0 Å². The van der Waals surface area contributed by atoms with Crippen LogP contribution in [-0.4, -0.2) is 21.4 Å². The van der Waals surface area contributed by atoms with Crippen molar-refractivity contribution >= 4 is 0 Å². The Labute approximate surface area is 145 Å². The SMILES string of the molecule is O[C@@]1(CCc2ccccc2)CCCC[C@@]1(O)CCc1ccccc1. The van der Waals surface area contributed by atoms with Crippen LogP contribution in [0.15, 0.2) is 60.7 Å². The van der Waals surface area contributed by atoms with Crippen LogP contribution >= 0.6 is 0 Å². The van der Waals surface area contributed by atoms with Crippen molar-refractivity contribution in [1.82, 2.24) is 0 Å². The molecular formula is C22H28O2. The lowest BCUT2D eigenvalue weighted by Crippen LogP contribution is -2.56. The largest absolute Gasteiger partial charge is 0.387 e. The van der Waals surface area contributed by atoms with Crippen LogP contribution in [0.25, 0.3) is 0 Å². The highest BCUT2D eigenvalue weighted by Gasteiger charge is 2.49. The highest BCUT2D eigenvalue weighted by atomic mass is 16.4. The minimum absolute atomic E-state index is 0.627. The van der Waals surface area contributed by atoms with E-state index in [1.807, 2.05) is 36.4 Å². The molecule has 1 aliphatic carbocycles. The summed E-state index contributed by atoms with van der Waals surface area (Å²) in [4.78, 5) is 0. The van der Waals surface area contributed by atoms with E-state index in [9.17, 15) is 10.2 Å². The Bertz CT molecular complexity index is 567. The first kappa shape index (κ1) is 17.2. The molecule has 0 unspecified atom stereocenters. The van der Waals surface area contributed by atoms with Gasteiger partial charge in [0, 0.05) is 0 Å². The minimum atomic E-state index is -0.976. The van der Waals surface area contributed by atoms with E-state index in [4.69, 9.17) is 0 Å². The summed E-state index contributed by atoms with van der Waals surface area (Å²) in [6, 6.07) is 20.5. The van der Waals surface area contributed by atoms with Gasteiger partial charge in [-0.3, -0.25) is 0 Å². The highest BCUT2D eigenvalue weighted by molar-refractivity contribution is 5.18. The lowest BCUT2D eigenvalue weighted by molar-refractivity contribution is -0.181. The van der Waals surface area contributed by atoms with Gasteiger partial charge < -0.3 is 10.2 Å². The molecule has 1 saturated carbocycles. The van der Waals surface area contributed by atoms with Crippen LogP contribution in [0.3, 0.4) is 0 Å². The number of benzene rings is 2. The van der Waals surface area contributed by atoms with Gasteiger partial charge in [-0.2, -0.15) is 0 Å². The Morgan fingerprint density at radius 2 is 1.00 bits per heavy atom. The quantitative estimate of drug-likeness (QED) is 0.832. The normalized spacial score (nSPS) is 27.1. The van der Waals surface area contributed by atoms with Gasteiger partial charge in [0.25, 0.3) is 0 Å². The number of aliphatic hydroxyl groups is 2. The first-order chi connectivity index (χ1) is 11.6. The molecule has 0 spiro atoms. The zero-order chi connectivity index (χ0) is 16.9. The van der Waals surface area contributed by atoms with E-state index < -0.39 is 11.2 Å². The Balaban J connectivity index is 1.68. The molecule has 2 heteroatoms. The van der Waals surface area contributed by atoms with Crippen molar-refractivity contribution in [2.45, 2.75) is 62.6 Å². The molecule has 0 radical (unpaired) electrons. The summed E-state index contributed by atoms with van der Waals surface area (Å²) in [5.74, 6) is 0. The number of rotatable bonds is 6. The van der Waals surface area contributed by atoms with Gasteiger partial charge in [0.1, 0.15) is 0 Å². The summed E-state index contributed by atoms with van der Waals surface area (Å²) in [7, 11) is 0. The van der Waals surface area contributed by atoms with E-state index in [-0.39, 0.29) is 0 Å². The third-order valence-electron chi connectivity index (χ3n) is 5.64. The van der Waals surface area contributed by atoms with Crippen LogP contribution in [0, 0.1) is 0 Å². The lowest BCUT2D eigenvalue weighted by Gasteiger charge is -2.47. The molecule has 2 atom stereocenters. The third-order valence-corrected chi connectivity index (χ3v) is 5.64. The molecule has 24 heavy (non-hydrogen) atoms. The Morgan fingerprint density at radius 3 is 1.38 bits per heavy atom. The van der Waals surface area contributed by atoms with Crippen molar-refractivity contribution in [2.24, 2.45) is 0 Å². The van der Waals surface area contributed by atoms with Gasteiger partial charge in [-0.15, -0.1) is 0 Å². The van der Waals surface area contributed by atoms with Gasteiger partial charge in [-0.25, -0.2) is 0 Å². The van der Waals surface area contributed by atoms with Crippen molar-refractivity contribution < 1.29 is 10.2 Å². The Hall–Kier alpha value is -1.64. The topological polar surface area (TPSA) is 40.5 Å². The molecule has 0 bridgehead atoms. The summed E-state index contributed by atoms with van der Waals surface area (Å²) in [6.45, 7) is 0. The molecule has 0 heterocycles. The second-order valence-electron chi connectivity index (χ2n) is 7.24. The second kappa shape index (κ2) is 7.50. The molecule has 128 valence electrons. The fourth-order valence-electron chi connectivity index (χ4n) is 4.01. The molecule has 0 aromatic heterocycles. The summed E-state index contributed by atoms with van der Waals surface area (Å²) in [6.07, 6.45) is 6.27. The van der Waals surface area contributed by atoms with E-state index >= 15 is 0 Å². The smallest absolute Gasteiger partial charge is 0.0936 e. The van der Waals surface area contributed by atoms with E-state index in [1.165, 1.54) is 11.1 Å². The van der Waals surface area contributed by atoms with E-state index in [1.54, 1.807) is 0 Å². The van der Waals surface area contributed by atoms with Crippen LogP contribution in [0.1, 0.15) is 49.7 Å². The average Bonchev–Trinajstić information content (AvgIpc) is 2.63. The Kier molecular flexibility index (Phi) is 5.37. The molecule has 1 fully saturated rings. The summed E-state index contributed by atoms with van der Waals surface area (Å²) in [5.41, 5.74) is 0.495. The molecule has 2 nitrogen and oxygen atoms in total. The maximum Gasteiger partial charge on any atom is 0.0936 e. The first-order valence-electron chi connectivity index (χ1n) is 9.14. The van der Waals surface area contributed by atoms with E-state index in [0.717, 1.165) is 25.7 Å². The molecule has 0 saturated heterocycles. The predicted molar refractivity (Wildman–Crippen MR) is 97.9 cm³/mol. The van der Waals surface area contributed by atoms with Crippen molar-refractivity contribution in [2.75, 3.05) is 0 Å². The standard InChI is InChI=1S/C22H28O2/c23-21(17-13-19-9-3-1-4-10-19)15-7-8-16-22(21,24)18-14-20-11-5-2-6-12-20/h1-6,9-12,23-24H,7-8,13-18H2/t21-,22-/m1/s1. The van der Waals surface area contributed by atoms with Crippen LogP contribution in [-0.2, 0) is 12.8 Å². The average molecular weight is 324 g/mol. The van der Waals surface area contributed by atoms with E-state index in [2.05, 4.69) is 24.3 Å². The molecule has 2 N–H and O–H groups in total. The van der Waals surface area contributed by atoms with Crippen LogP contribution in [0.5, 0.6) is 0 Å². The monoisotopic (exact) mass is 324 g/mol. The predicted octanol–water partition coefficient (Wildman–Crippen LogP) is 4.29. The molecule has 0 aliphatic heterocycles. The zero-order valence-electron chi connectivity index (χ0n) is 14.3. The molecule has 2 aromatic rings. The fourth-order valence-corrected chi connectivity index (χ4v) is 4.01. The first-order valence-corrected chi connectivity index (χ1v) is 9.14. The van der Waals surface area contributed by atoms with Crippen LogP contribution < -0.4 is 0 Å². The zero-order valence-corrected chi connectivity index (χ0v) is 14.3. The second-order valence-corrected chi connectivity index (χ2v) is 7.24. The Morgan fingerprint density at radius 1 is 0.625 bits per heavy atom. The van der Waals surface area contributed by atoms with Crippen LogP contribution in [0.4, 0.5) is 0 Å². The molecule has 2 aromatic carbocycles. The summed E-state index contributed by atoms with van der Waals surface area (Å²) in [5, 5.41) is 22.6. The maximum absolute atomic E-state index is 11.3. The number of hydrogen-bond donors (Lipinski definition) is 2. The lowest BCUT2D eigenvalue weighted by atomic mass is 9.67. The van der Waals surface area contributed by atoms with Gasteiger partial charge in [0.15, 0.2) is 0 Å². The third kappa shape index (κ3) is 3.88. The van der Waals surface area contributed by atoms with Crippen molar-refractivity contribution in [3.8, 4) is 0 Å². The molecule has 1 aliphatic rings. The van der Waals surface area contributed by atoms with E-state index in [0.29, 0.717) is 25.7 Å². The van der Waals surface area contributed by atoms with Gasteiger partial charge in [-0.1, -0.05) is 73.5 Å². The van der Waals surface area contributed by atoms with Gasteiger partial charge in [0.2, 0.25) is 0 Å². The molecule has 0 amide bonds.